The van der Waals surface area contributed by atoms with Gasteiger partial charge in [0.15, 0.2) is 0 Å². The third-order valence-electron chi connectivity index (χ3n) is 5.50. The molecule has 0 saturated heterocycles. The average Bonchev–Trinajstić information content (AvgIpc) is 2.67. The molecule has 4 nitrogen and oxygen atoms in total. The maximum Gasteiger partial charge on any atom is 0.266 e. The molecule has 0 radical (unpaired) electrons. The summed E-state index contributed by atoms with van der Waals surface area (Å²) in [6.07, 6.45) is 2.64. The summed E-state index contributed by atoms with van der Waals surface area (Å²) in [7, 11) is 0. The topological polar surface area (TPSA) is 56.1 Å². The first-order chi connectivity index (χ1) is 13.7. The minimum atomic E-state index is -0.513. The molecule has 0 spiro atoms. The molecule has 0 unspecified atom stereocenters. The van der Waals surface area contributed by atoms with Crippen molar-refractivity contribution in [3.63, 3.8) is 0 Å². The number of anilines is 2. The summed E-state index contributed by atoms with van der Waals surface area (Å²) in [4.78, 5) is 14.9. The van der Waals surface area contributed by atoms with E-state index in [2.05, 4.69) is 50.0 Å². The van der Waals surface area contributed by atoms with Crippen molar-refractivity contribution in [1.29, 1.82) is 5.26 Å². The van der Waals surface area contributed by atoms with Crippen LogP contribution < -0.4 is 10.2 Å². The Labute approximate surface area is 171 Å². The van der Waals surface area contributed by atoms with Gasteiger partial charge in [0.1, 0.15) is 17.5 Å². The molecule has 1 atom stereocenters. The fraction of sp³-hybridized carbons (Fsp3) is 0.333. The molecule has 3 rings (SSSR count). The van der Waals surface area contributed by atoms with Gasteiger partial charge in [-0.25, -0.2) is 4.39 Å². The van der Waals surface area contributed by atoms with E-state index in [0.717, 1.165) is 18.5 Å². The van der Waals surface area contributed by atoms with Crippen LogP contribution in [0.25, 0.3) is 6.08 Å². The molecule has 2 aromatic carbocycles. The van der Waals surface area contributed by atoms with Crippen molar-refractivity contribution in [2.75, 3.05) is 16.8 Å². The Bertz CT molecular complexity index is 986. The molecule has 1 N–H and O–H groups in total. The van der Waals surface area contributed by atoms with E-state index in [1.54, 1.807) is 6.08 Å². The van der Waals surface area contributed by atoms with Gasteiger partial charge in [0, 0.05) is 23.5 Å². The van der Waals surface area contributed by atoms with Gasteiger partial charge in [-0.05, 0) is 86.7 Å². The van der Waals surface area contributed by atoms with Crippen molar-refractivity contribution < 1.29 is 9.18 Å². The van der Waals surface area contributed by atoms with E-state index >= 15 is 0 Å². The summed E-state index contributed by atoms with van der Waals surface area (Å²) < 4.78 is 13.0. The molecular weight excluding hydrogens is 365 g/mol. The van der Waals surface area contributed by atoms with Crippen LogP contribution in [-0.4, -0.2) is 18.0 Å². The summed E-state index contributed by atoms with van der Waals surface area (Å²) in [5.41, 5.74) is 3.80. The van der Waals surface area contributed by atoms with Crippen molar-refractivity contribution in [3.8, 4) is 6.07 Å². The van der Waals surface area contributed by atoms with Gasteiger partial charge in [-0.15, -0.1) is 0 Å². The van der Waals surface area contributed by atoms with Crippen LogP contribution in [0.15, 0.2) is 48.0 Å². The highest BCUT2D eigenvalue weighted by atomic mass is 19.1. The summed E-state index contributed by atoms with van der Waals surface area (Å²) in [5.74, 6) is -0.512. The second-order valence-corrected chi connectivity index (χ2v) is 8.11. The number of carbonyl (C=O) groups is 1. The standard InChI is InChI=1S/C24H26FN3O/c1-5-28-22-11-6-17(13-21(22)16(2)14-24(28,3)4)12-18(15-26)23(29)27-20-9-7-19(25)8-10-20/h6-13,16H,5,14H2,1-4H3,(H,27,29)/b18-12-/t16-/m0/s1. The Kier molecular flexibility index (Phi) is 5.74. The number of hydrogen-bond acceptors (Lipinski definition) is 3. The average molecular weight is 391 g/mol. The number of benzene rings is 2. The number of nitrogens with one attached hydrogen (secondary N) is 1. The normalized spacial score (nSPS) is 18.0. The van der Waals surface area contributed by atoms with Crippen LogP contribution in [0.3, 0.4) is 0 Å². The van der Waals surface area contributed by atoms with E-state index in [0.29, 0.717) is 11.6 Å². The molecule has 1 aliphatic heterocycles. The Hall–Kier alpha value is -3.13. The maximum absolute atomic E-state index is 13.0. The van der Waals surface area contributed by atoms with Gasteiger partial charge in [0.25, 0.3) is 5.91 Å². The molecule has 150 valence electrons. The van der Waals surface area contributed by atoms with Gasteiger partial charge in [0.05, 0.1) is 0 Å². The molecule has 29 heavy (non-hydrogen) atoms. The van der Waals surface area contributed by atoms with Crippen LogP contribution in [0.2, 0.25) is 0 Å². The molecule has 0 aromatic heterocycles. The van der Waals surface area contributed by atoms with Gasteiger partial charge in [0.2, 0.25) is 0 Å². The fourth-order valence-corrected chi connectivity index (χ4v) is 4.24. The van der Waals surface area contributed by atoms with Gasteiger partial charge in [-0.3, -0.25) is 4.79 Å². The number of halogens is 1. The van der Waals surface area contributed by atoms with Crippen molar-refractivity contribution >= 4 is 23.4 Å². The summed E-state index contributed by atoms with van der Waals surface area (Å²) in [6, 6.07) is 13.5. The number of nitriles is 1. The van der Waals surface area contributed by atoms with Crippen molar-refractivity contribution in [2.45, 2.75) is 45.6 Å². The Morgan fingerprint density at radius 1 is 1.31 bits per heavy atom. The number of fused-ring (bicyclic) bond motifs is 1. The highest BCUT2D eigenvalue weighted by Gasteiger charge is 2.35. The largest absolute Gasteiger partial charge is 0.366 e. The van der Waals surface area contributed by atoms with Crippen molar-refractivity contribution in [1.82, 2.24) is 0 Å². The number of hydrogen-bond donors (Lipinski definition) is 1. The SMILES string of the molecule is CCN1c2ccc(/C=C(/C#N)C(=O)Nc3ccc(F)cc3)cc2[C@@H](C)CC1(C)C. The molecule has 0 bridgehead atoms. The molecule has 0 saturated carbocycles. The first-order valence-electron chi connectivity index (χ1n) is 9.85. The molecular formula is C24H26FN3O. The number of rotatable bonds is 4. The highest BCUT2D eigenvalue weighted by molar-refractivity contribution is 6.09. The zero-order chi connectivity index (χ0) is 21.2. The number of carbonyl (C=O) groups excluding carboxylic acids is 1. The lowest BCUT2D eigenvalue weighted by Gasteiger charge is -2.47. The minimum absolute atomic E-state index is 0.00501. The third kappa shape index (κ3) is 4.32. The summed E-state index contributed by atoms with van der Waals surface area (Å²) in [6.45, 7) is 9.82. The molecule has 0 aliphatic carbocycles. The zero-order valence-electron chi connectivity index (χ0n) is 17.3. The summed E-state index contributed by atoms with van der Waals surface area (Å²) >= 11 is 0. The van der Waals surface area contributed by atoms with E-state index in [9.17, 15) is 14.4 Å². The first-order valence-corrected chi connectivity index (χ1v) is 9.85. The molecule has 5 heteroatoms. The maximum atomic E-state index is 13.0. The van der Waals surface area contributed by atoms with Crippen LogP contribution in [0.1, 0.15) is 51.2 Å². The van der Waals surface area contributed by atoms with Crippen LogP contribution in [0, 0.1) is 17.1 Å². The highest BCUT2D eigenvalue weighted by Crippen LogP contribution is 2.43. The number of amides is 1. The van der Waals surface area contributed by atoms with E-state index in [-0.39, 0.29) is 16.9 Å². The Morgan fingerprint density at radius 2 is 2.00 bits per heavy atom. The Morgan fingerprint density at radius 3 is 2.62 bits per heavy atom. The Balaban J connectivity index is 1.89. The van der Waals surface area contributed by atoms with Crippen LogP contribution in [0.5, 0.6) is 0 Å². The summed E-state index contributed by atoms with van der Waals surface area (Å²) in [5, 5.41) is 12.1. The van der Waals surface area contributed by atoms with Crippen molar-refractivity contribution in [2.24, 2.45) is 0 Å². The lowest BCUT2D eigenvalue weighted by atomic mass is 9.79. The van der Waals surface area contributed by atoms with E-state index < -0.39 is 5.91 Å². The minimum Gasteiger partial charge on any atom is -0.366 e. The van der Waals surface area contributed by atoms with Crippen molar-refractivity contribution in [3.05, 3.63) is 65.0 Å². The lowest BCUT2D eigenvalue weighted by molar-refractivity contribution is -0.112. The van der Waals surface area contributed by atoms with E-state index in [1.165, 1.54) is 35.5 Å². The smallest absolute Gasteiger partial charge is 0.266 e. The quantitative estimate of drug-likeness (QED) is 0.554. The second-order valence-electron chi connectivity index (χ2n) is 8.11. The van der Waals surface area contributed by atoms with Gasteiger partial charge in [-0.1, -0.05) is 13.0 Å². The monoisotopic (exact) mass is 391 g/mol. The van der Waals surface area contributed by atoms with E-state index in [4.69, 9.17) is 0 Å². The van der Waals surface area contributed by atoms with Gasteiger partial charge < -0.3 is 10.2 Å². The molecule has 1 amide bonds. The molecule has 2 aromatic rings. The van der Waals surface area contributed by atoms with Gasteiger partial charge >= 0.3 is 0 Å². The second kappa shape index (κ2) is 8.08. The fourth-order valence-electron chi connectivity index (χ4n) is 4.24. The molecule has 1 aliphatic rings. The zero-order valence-corrected chi connectivity index (χ0v) is 17.3. The first kappa shape index (κ1) is 20.6. The molecule has 1 heterocycles. The number of nitrogens with zero attached hydrogens (tertiary/aromatic N) is 2. The predicted molar refractivity (Wildman–Crippen MR) is 115 cm³/mol. The predicted octanol–water partition coefficient (Wildman–Crippen LogP) is 5.48. The third-order valence-corrected chi connectivity index (χ3v) is 5.50. The van der Waals surface area contributed by atoms with Crippen LogP contribution >= 0.6 is 0 Å². The van der Waals surface area contributed by atoms with Gasteiger partial charge in [-0.2, -0.15) is 5.26 Å². The van der Waals surface area contributed by atoms with Crippen LogP contribution in [0.4, 0.5) is 15.8 Å². The lowest BCUT2D eigenvalue weighted by Crippen LogP contribution is -2.48. The molecule has 0 fully saturated rings. The van der Waals surface area contributed by atoms with Crippen LogP contribution in [-0.2, 0) is 4.79 Å². The van der Waals surface area contributed by atoms with E-state index in [1.807, 2.05) is 12.1 Å².